The number of hydrogen-bond acceptors (Lipinski definition) is 3. The molecule has 1 aromatic rings. The Labute approximate surface area is 108 Å². The second kappa shape index (κ2) is 4.99. The second-order valence-corrected chi connectivity index (χ2v) is 5.07. The lowest BCUT2D eigenvalue weighted by Crippen LogP contribution is -2.47. The van der Waals surface area contributed by atoms with Crippen LogP contribution in [0.15, 0.2) is 12.1 Å². The fraction of sp³-hybridized carbons (Fsp3) is 0.533. The molecule has 0 spiro atoms. The van der Waals surface area contributed by atoms with Gasteiger partial charge in [0.1, 0.15) is 5.75 Å². The van der Waals surface area contributed by atoms with Gasteiger partial charge in [0.2, 0.25) is 0 Å². The van der Waals surface area contributed by atoms with Crippen molar-refractivity contribution in [3.05, 3.63) is 28.8 Å². The minimum absolute atomic E-state index is 0.0385. The highest BCUT2D eigenvalue weighted by molar-refractivity contribution is 5.45. The number of hydrogen-bond donors (Lipinski definition) is 0. The van der Waals surface area contributed by atoms with E-state index < -0.39 is 0 Å². The van der Waals surface area contributed by atoms with Crippen LogP contribution in [-0.2, 0) is 10.2 Å². The first-order valence-electron chi connectivity index (χ1n) is 6.23. The van der Waals surface area contributed by atoms with Gasteiger partial charge in [-0.25, -0.2) is 0 Å². The summed E-state index contributed by atoms with van der Waals surface area (Å²) in [6.07, 6.45) is 1.45. The van der Waals surface area contributed by atoms with E-state index in [0.717, 1.165) is 30.9 Å². The molecule has 0 radical (unpaired) electrons. The van der Waals surface area contributed by atoms with E-state index in [1.165, 1.54) is 11.1 Å². The van der Waals surface area contributed by atoms with Crippen molar-refractivity contribution in [2.45, 2.75) is 32.1 Å². The molecule has 0 amide bonds. The third-order valence-corrected chi connectivity index (χ3v) is 3.79. The Kier molecular flexibility index (Phi) is 3.58. The number of rotatable bonds is 4. The second-order valence-electron chi connectivity index (χ2n) is 5.07. The lowest BCUT2D eigenvalue weighted by molar-refractivity contribution is -0.0640. The molecule has 18 heavy (non-hydrogen) atoms. The lowest BCUT2D eigenvalue weighted by Gasteiger charge is -2.43. The first-order valence-corrected chi connectivity index (χ1v) is 6.23. The summed E-state index contributed by atoms with van der Waals surface area (Å²) in [4.78, 5) is 0. The Morgan fingerprint density at radius 3 is 2.56 bits per heavy atom. The SMILES string of the molecule is COc1cc(C)c(C2(CCC#N)COC2)cc1C. The molecule has 1 saturated heterocycles. The van der Waals surface area contributed by atoms with Crippen LogP contribution in [-0.4, -0.2) is 20.3 Å². The van der Waals surface area contributed by atoms with Gasteiger partial charge >= 0.3 is 0 Å². The Morgan fingerprint density at radius 2 is 2.06 bits per heavy atom. The van der Waals surface area contributed by atoms with Crippen molar-refractivity contribution < 1.29 is 9.47 Å². The van der Waals surface area contributed by atoms with Crippen molar-refractivity contribution in [2.24, 2.45) is 0 Å². The van der Waals surface area contributed by atoms with Crippen LogP contribution in [0, 0.1) is 25.2 Å². The molecule has 0 saturated carbocycles. The Morgan fingerprint density at radius 1 is 1.33 bits per heavy atom. The summed E-state index contributed by atoms with van der Waals surface area (Å²) >= 11 is 0. The molecular formula is C15H19NO2. The predicted octanol–water partition coefficient (Wildman–Crippen LogP) is 2.88. The number of benzene rings is 1. The summed E-state index contributed by atoms with van der Waals surface area (Å²) in [5.41, 5.74) is 3.71. The van der Waals surface area contributed by atoms with E-state index in [1.54, 1.807) is 7.11 Å². The molecule has 1 aliphatic heterocycles. The van der Waals surface area contributed by atoms with Gasteiger partial charge in [-0.15, -0.1) is 0 Å². The largest absolute Gasteiger partial charge is 0.496 e. The van der Waals surface area contributed by atoms with Gasteiger partial charge in [-0.2, -0.15) is 5.26 Å². The van der Waals surface area contributed by atoms with Crippen molar-refractivity contribution in [1.82, 2.24) is 0 Å². The van der Waals surface area contributed by atoms with Crippen LogP contribution in [0.25, 0.3) is 0 Å². The summed E-state index contributed by atoms with van der Waals surface area (Å²) in [6, 6.07) is 6.51. The molecule has 1 fully saturated rings. The van der Waals surface area contributed by atoms with E-state index in [9.17, 15) is 0 Å². The van der Waals surface area contributed by atoms with Crippen LogP contribution in [0.5, 0.6) is 5.75 Å². The lowest BCUT2D eigenvalue weighted by atomic mass is 9.73. The molecular weight excluding hydrogens is 226 g/mol. The number of ether oxygens (including phenoxy) is 2. The maximum absolute atomic E-state index is 8.79. The fourth-order valence-electron chi connectivity index (χ4n) is 2.66. The zero-order valence-corrected chi connectivity index (χ0v) is 11.2. The van der Waals surface area contributed by atoms with Crippen molar-refractivity contribution in [3.63, 3.8) is 0 Å². The van der Waals surface area contributed by atoms with Crippen LogP contribution in [0.2, 0.25) is 0 Å². The zero-order valence-electron chi connectivity index (χ0n) is 11.2. The average Bonchev–Trinajstić information content (AvgIpc) is 2.31. The van der Waals surface area contributed by atoms with Crippen LogP contribution >= 0.6 is 0 Å². The minimum Gasteiger partial charge on any atom is -0.496 e. The van der Waals surface area contributed by atoms with E-state index in [-0.39, 0.29) is 5.41 Å². The van der Waals surface area contributed by atoms with Crippen molar-refractivity contribution >= 4 is 0 Å². The van der Waals surface area contributed by atoms with Crippen LogP contribution < -0.4 is 4.74 Å². The Hall–Kier alpha value is -1.53. The van der Waals surface area contributed by atoms with Gasteiger partial charge in [0.15, 0.2) is 0 Å². The average molecular weight is 245 g/mol. The molecule has 0 bridgehead atoms. The van der Waals surface area contributed by atoms with E-state index in [0.29, 0.717) is 6.42 Å². The third kappa shape index (κ3) is 2.09. The molecule has 96 valence electrons. The molecule has 0 N–H and O–H groups in total. The summed E-state index contributed by atoms with van der Waals surface area (Å²) in [6.45, 7) is 5.60. The first kappa shape index (κ1) is 12.9. The van der Waals surface area contributed by atoms with Gasteiger partial charge < -0.3 is 9.47 Å². The molecule has 0 aliphatic carbocycles. The topological polar surface area (TPSA) is 42.2 Å². The van der Waals surface area contributed by atoms with Gasteiger partial charge in [0, 0.05) is 11.8 Å². The van der Waals surface area contributed by atoms with Crippen molar-refractivity contribution in [1.29, 1.82) is 5.26 Å². The van der Waals surface area contributed by atoms with E-state index in [4.69, 9.17) is 14.7 Å². The molecule has 0 atom stereocenters. The number of nitriles is 1. The minimum atomic E-state index is 0.0385. The van der Waals surface area contributed by atoms with Gasteiger partial charge in [0.25, 0.3) is 0 Å². The van der Waals surface area contributed by atoms with Crippen LogP contribution in [0.1, 0.15) is 29.5 Å². The fourth-order valence-corrected chi connectivity index (χ4v) is 2.66. The standard InChI is InChI=1S/C15H19NO2/c1-11-8-14(17-3)12(2)7-13(11)15(5-4-6-16)9-18-10-15/h7-8H,4-5,9-10H2,1-3H3. The molecule has 3 nitrogen and oxygen atoms in total. The number of methoxy groups -OCH3 is 1. The number of nitrogens with zero attached hydrogens (tertiary/aromatic N) is 1. The molecule has 1 heterocycles. The Balaban J connectivity index is 2.37. The first-order chi connectivity index (χ1) is 8.63. The molecule has 1 aliphatic rings. The van der Waals surface area contributed by atoms with Crippen LogP contribution in [0.3, 0.4) is 0 Å². The summed E-state index contributed by atoms with van der Waals surface area (Å²) in [5, 5.41) is 8.79. The molecule has 0 unspecified atom stereocenters. The van der Waals surface area contributed by atoms with E-state index in [2.05, 4.69) is 32.0 Å². The third-order valence-electron chi connectivity index (χ3n) is 3.79. The van der Waals surface area contributed by atoms with Crippen molar-refractivity contribution in [2.75, 3.05) is 20.3 Å². The number of aryl methyl sites for hydroxylation is 2. The van der Waals surface area contributed by atoms with Crippen LogP contribution in [0.4, 0.5) is 0 Å². The summed E-state index contributed by atoms with van der Waals surface area (Å²) in [5.74, 6) is 0.923. The normalized spacial score (nSPS) is 16.8. The molecule has 0 aromatic heterocycles. The molecule has 2 rings (SSSR count). The van der Waals surface area contributed by atoms with Gasteiger partial charge in [-0.3, -0.25) is 0 Å². The molecule has 1 aromatic carbocycles. The zero-order chi connectivity index (χ0) is 13.2. The van der Waals surface area contributed by atoms with Gasteiger partial charge in [0.05, 0.1) is 26.4 Å². The maximum atomic E-state index is 8.79. The summed E-state index contributed by atoms with van der Waals surface area (Å²) < 4.78 is 10.7. The quantitative estimate of drug-likeness (QED) is 0.819. The van der Waals surface area contributed by atoms with Gasteiger partial charge in [-0.05, 0) is 43.0 Å². The molecule has 3 heteroatoms. The highest BCUT2D eigenvalue weighted by Gasteiger charge is 2.41. The highest BCUT2D eigenvalue weighted by Crippen LogP contribution is 2.40. The van der Waals surface area contributed by atoms with E-state index in [1.807, 2.05) is 0 Å². The van der Waals surface area contributed by atoms with E-state index >= 15 is 0 Å². The Bertz CT molecular complexity index is 484. The smallest absolute Gasteiger partial charge is 0.122 e. The van der Waals surface area contributed by atoms with Crippen molar-refractivity contribution in [3.8, 4) is 11.8 Å². The maximum Gasteiger partial charge on any atom is 0.122 e. The monoisotopic (exact) mass is 245 g/mol. The highest BCUT2D eigenvalue weighted by atomic mass is 16.5. The predicted molar refractivity (Wildman–Crippen MR) is 69.8 cm³/mol. The summed E-state index contributed by atoms with van der Waals surface area (Å²) in [7, 11) is 1.69. The van der Waals surface area contributed by atoms with Gasteiger partial charge in [-0.1, -0.05) is 6.07 Å².